The van der Waals surface area contributed by atoms with E-state index in [2.05, 4.69) is 31.4 Å². The minimum Gasteiger partial charge on any atom is -0.337 e. The van der Waals surface area contributed by atoms with Gasteiger partial charge in [0.05, 0.1) is 0 Å². The first-order valence-corrected chi connectivity index (χ1v) is 11.0. The maximum atomic E-state index is 13.5. The maximum absolute atomic E-state index is 13.5. The van der Waals surface area contributed by atoms with Crippen molar-refractivity contribution in [3.8, 4) is 0 Å². The van der Waals surface area contributed by atoms with E-state index in [0.29, 0.717) is 10.7 Å². The number of nitrogens with one attached hydrogen (secondary N) is 2. The third-order valence-corrected chi connectivity index (χ3v) is 6.78. The smallest absolute Gasteiger partial charge is 0.319 e. The summed E-state index contributed by atoms with van der Waals surface area (Å²) < 4.78 is 0. The Bertz CT molecular complexity index is 781. The van der Waals surface area contributed by atoms with E-state index < -0.39 is 6.04 Å². The van der Waals surface area contributed by atoms with Crippen molar-refractivity contribution >= 4 is 29.2 Å². The van der Waals surface area contributed by atoms with E-state index in [-0.39, 0.29) is 34.7 Å². The number of carbonyl (C=O) groups excluding carboxylic acids is 2. The number of likely N-dealkylation sites (tertiary alicyclic amines) is 1. The summed E-state index contributed by atoms with van der Waals surface area (Å²) >= 11 is 6.00. The molecule has 2 N–H and O–H groups in total. The monoisotopic (exact) mass is 419 g/mol. The van der Waals surface area contributed by atoms with E-state index in [1.165, 1.54) is 0 Å². The predicted octanol–water partition coefficient (Wildman–Crippen LogP) is 5.30. The quantitative estimate of drug-likeness (QED) is 0.679. The van der Waals surface area contributed by atoms with Crippen molar-refractivity contribution in [2.24, 2.45) is 16.7 Å². The van der Waals surface area contributed by atoms with Crippen LogP contribution in [0.2, 0.25) is 5.02 Å². The van der Waals surface area contributed by atoms with Crippen LogP contribution in [0.4, 0.5) is 10.5 Å². The first-order chi connectivity index (χ1) is 13.5. The Kier molecular flexibility index (Phi) is 6.19. The SMILES string of the molecule is CCC(C)C(NC(=O)Nc1cccc(Cl)c1)C(=O)N1CC2(C)CC1CC(C)(C)C2. The van der Waals surface area contributed by atoms with Crippen LogP contribution in [0.5, 0.6) is 0 Å². The Morgan fingerprint density at radius 3 is 2.66 bits per heavy atom. The number of benzene rings is 1. The first kappa shape index (κ1) is 21.9. The number of carbonyl (C=O) groups is 2. The van der Waals surface area contributed by atoms with Gasteiger partial charge in [-0.25, -0.2) is 4.79 Å². The van der Waals surface area contributed by atoms with Crippen molar-refractivity contribution in [3.63, 3.8) is 0 Å². The molecule has 1 saturated heterocycles. The highest BCUT2D eigenvalue weighted by Crippen LogP contribution is 2.52. The molecule has 1 aliphatic heterocycles. The van der Waals surface area contributed by atoms with E-state index >= 15 is 0 Å². The number of urea groups is 1. The van der Waals surface area contributed by atoms with E-state index in [1.54, 1.807) is 24.3 Å². The van der Waals surface area contributed by atoms with Crippen LogP contribution in [0.1, 0.15) is 60.3 Å². The zero-order valence-corrected chi connectivity index (χ0v) is 19.0. The van der Waals surface area contributed by atoms with Crippen molar-refractivity contribution < 1.29 is 9.59 Å². The number of hydrogen-bond acceptors (Lipinski definition) is 2. The lowest BCUT2D eigenvalue weighted by molar-refractivity contribution is -0.135. The lowest BCUT2D eigenvalue weighted by Crippen LogP contribution is -2.54. The van der Waals surface area contributed by atoms with Crippen LogP contribution in [0.3, 0.4) is 0 Å². The average molecular weight is 420 g/mol. The summed E-state index contributed by atoms with van der Waals surface area (Å²) in [4.78, 5) is 28.2. The molecule has 2 fully saturated rings. The van der Waals surface area contributed by atoms with Crippen LogP contribution in [0.15, 0.2) is 24.3 Å². The zero-order valence-electron chi connectivity index (χ0n) is 18.2. The highest BCUT2D eigenvalue weighted by molar-refractivity contribution is 6.30. The molecular weight excluding hydrogens is 386 g/mol. The normalized spacial score (nSPS) is 27.2. The highest BCUT2D eigenvalue weighted by Gasteiger charge is 2.52. The van der Waals surface area contributed by atoms with Crippen LogP contribution in [-0.4, -0.2) is 35.5 Å². The van der Waals surface area contributed by atoms with Crippen LogP contribution in [-0.2, 0) is 4.79 Å². The Morgan fingerprint density at radius 2 is 2.00 bits per heavy atom. The molecule has 160 valence electrons. The van der Waals surface area contributed by atoms with Crippen LogP contribution in [0.25, 0.3) is 0 Å². The third-order valence-electron chi connectivity index (χ3n) is 6.55. The van der Waals surface area contributed by atoms with Crippen LogP contribution in [0, 0.1) is 16.7 Å². The fraction of sp³-hybridized carbons (Fsp3) is 0.652. The van der Waals surface area contributed by atoms with Gasteiger partial charge in [-0.1, -0.05) is 58.7 Å². The van der Waals surface area contributed by atoms with Gasteiger partial charge in [0.2, 0.25) is 5.91 Å². The van der Waals surface area contributed by atoms with Gasteiger partial charge in [-0.05, 0) is 54.2 Å². The van der Waals surface area contributed by atoms with E-state index in [0.717, 1.165) is 32.2 Å². The summed E-state index contributed by atoms with van der Waals surface area (Å²) in [7, 11) is 0. The number of hydrogen-bond donors (Lipinski definition) is 2. The van der Waals surface area contributed by atoms with Crippen molar-refractivity contribution in [1.29, 1.82) is 0 Å². The van der Waals surface area contributed by atoms with Gasteiger partial charge in [0.15, 0.2) is 0 Å². The number of fused-ring (bicyclic) bond motifs is 2. The molecule has 2 bridgehead atoms. The molecule has 2 aliphatic rings. The van der Waals surface area contributed by atoms with Gasteiger partial charge in [0.1, 0.15) is 6.04 Å². The van der Waals surface area contributed by atoms with Gasteiger partial charge < -0.3 is 15.5 Å². The summed E-state index contributed by atoms with van der Waals surface area (Å²) in [6.07, 6.45) is 4.03. The Labute approximate surface area is 179 Å². The minimum absolute atomic E-state index is 0.0482. The van der Waals surface area contributed by atoms with Crippen molar-refractivity contribution in [3.05, 3.63) is 29.3 Å². The molecule has 6 heteroatoms. The van der Waals surface area contributed by atoms with Gasteiger partial charge in [-0.15, -0.1) is 0 Å². The Morgan fingerprint density at radius 1 is 1.28 bits per heavy atom. The van der Waals surface area contributed by atoms with Gasteiger partial charge >= 0.3 is 6.03 Å². The fourth-order valence-corrected chi connectivity index (χ4v) is 5.64. The lowest BCUT2D eigenvalue weighted by Gasteiger charge is -2.39. The molecule has 1 aromatic rings. The van der Waals surface area contributed by atoms with Crippen LogP contribution >= 0.6 is 11.6 Å². The highest BCUT2D eigenvalue weighted by atomic mass is 35.5. The summed E-state index contributed by atoms with van der Waals surface area (Å²) in [6, 6.07) is 6.35. The summed E-state index contributed by atoms with van der Waals surface area (Å²) in [6.45, 7) is 11.8. The number of nitrogens with zero attached hydrogens (tertiary/aromatic N) is 1. The van der Waals surface area contributed by atoms with E-state index in [9.17, 15) is 9.59 Å². The number of rotatable bonds is 5. The van der Waals surface area contributed by atoms with Crippen molar-refractivity contribution in [2.75, 3.05) is 11.9 Å². The van der Waals surface area contributed by atoms with E-state index in [4.69, 9.17) is 11.6 Å². The molecule has 0 spiro atoms. The second-order valence-electron chi connectivity index (χ2n) is 10.2. The van der Waals surface area contributed by atoms with Crippen molar-refractivity contribution in [2.45, 2.75) is 72.4 Å². The summed E-state index contributed by atoms with van der Waals surface area (Å²) in [5.41, 5.74) is 1.03. The second kappa shape index (κ2) is 8.17. The van der Waals surface area contributed by atoms with Gasteiger partial charge in [0, 0.05) is 23.3 Å². The van der Waals surface area contributed by atoms with Crippen LogP contribution < -0.4 is 10.6 Å². The summed E-state index contributed by atoms with van der Waals surface area (Å²) in [5.74, 6) is 0.0981. The Hall–Kier alpha value is -1.75. The molecular formula is C23H34ClN3O2. The largest absolute Gasteiger partial charge is 0.337 e. The average Bonchev–Trinajstić information content (AvgIpc) is 2.87. The fourth-order valence-electron chi connectivity index (χ4n) is 5.45. The molecule has 4 unspecified atom stereocenters. The minimum atomic E-state index is -0.537. The first-order valence-electron chi connectivity index (χ1n) is 10.7. The number of halogens is 1. The number of anilines is 1. The number of amides is 3. The second-order valence-corrected chi connectivity index (χ2v) is 10.6. The maximum Gasteiger partial charge on any atom is 0.319 e. The zero-order chi connectivity index (χ0) is 21.4. The molecule has 3 rings (SSSR count). The summed E-state index contributed by atoms with van der Waals surface area (Å²) in [5, 5.41) is 6.29. The molecule has 1 aliphatic carbocycles. The van der Waals surface area contributed by atoms with Gasteiger partial charge in [-0.2, -0.15) is 0 Å². The molecule has 1 heterocycles. The molecule has 0 radical (unpaired) electrons. The molecule has 1 aromatic carbocycles. The van der Waals surface area contributed by atoms with Crippen molar-refractivity contribution in [1.82, 2.24) is 10.2 Å². The third kappa shape index (κ3) is 5.06. The Balaban J connectivity index is 1.73. The predicted molar refractivity (Wildman–Crippen MR) is 118 cm³/mol. The van der Waals surface area contributed by atoms with Gasteiger partial charge in [0.25, 0.3) is 0 Å². The standard InChI is InChI=1S/C23H34ClN3O2/c1-6-15(2)19(26-21(29)25-17-9-7-8-16(24)10-17)20(28)27-14-23(5)12-18(27)11-22(3,4)13-23/h7-10,15,18-19H,6,11-14H2,1-5H3,(H2,25,26,29). The molecule has 3 amide bonds. The molecule has 5 nitrogen and oxygen atoms in total. The molecule has 4 atom stereocenters. The molecule has 29 heavy (non-hydrogen) atoms. The lowest BCUT2D eigenvalue weighted by atomic mass is 9.65. The van der Waals surface area contributed by atoms with Gasteiger partial charge in [-0.3, -0.25) is 4.79 Å². The molecule has 1 saturated carbocycles. The van der Waals surface area contributed by atoms with E-state index in [1.807, 2.05) is 18.7 Å². The molecule has 0 aromatic heterocycles. The topological polar surface area (TPSA) is 61.4 Å².